The maximum Gasteiger partial charge on any atom is 0.191 e. The molecule has 0 bridgehead atoms. The van der Waals surface area contributed by atoms with E-state index in [9.17, 15) is 4.79 Å². The second kappa shape index (κ2) is 9.41. The van der Waals surface area contributed by atoms with Crippen molar-refractivity contribution in [1.29, 1.82) is 0 Å². The van der Waals surface area contributed by atoms with Crippen LogP contribution in [0.5, 0.6) is 0 Å². The SMILES string of the molecule is CCn1c(SCC(=O)c2cc(C)n(CCOC)c2C)nnc1-c1cccc(C)c1. The number of ether oxygens (including phenoxy) is 1. The summed E-state index contributed by atoms with van der Waals surface area (Å²) < 4.78 is 9.37. The van der Waals surface area contributed by atoms with Crippen molar-refractivity contribution in [2.24, 2.45) is 0 Å². The van der Waals surface area contributed by atoms with E-state index in [0.29, 0.717) is 12.4 Å². The molecule has 3 aromatic rings. The van der Waals surface area contributed by atoms with Gasteiger partial charge in [-0.15, -0.1) is 10.2 Å². The molecule has 0 unspecified atom stereocenters. The number of thioether (sulfide) groups is 1. The van der Waals surface area contributed by atoms with Gasteiger partial charge in [0.1, 0.15) is 0 Å². The number of carbonyl (C=O) groups is 1. The number of carbonyl (C=O) groups excluding carboxylic acids is 1. The zero-order valence-corrected chi connectivity index (χ0v) is 18.5. The highest BCUT2D eigenvalue weighted by Crippen LogP contribution is 2.26. The lowest BCUT2D eigenvalue weighted by atomic mass is 10.1. The molecule has 0 radical (unpaired) electrons. The van der Waals surface area contributed by atoms with Crippen LogP contribution in [0.15, 0.2) is 35.5 Å². The number of hydrogen-bond donors (Lipinski definition) is 0. The molecule has 0 atom stereocenters. The Kier molecular flexibility index (Phi) is 6.92. The number of ketones is 1. The molecule has 0 fully saturated rings. The van der Waals surface area contributed by atoms with Crippen molar-refractivity contribution in [1.82, 2.24) is 19.3 Å². The van der Waals surface area contributed by atoms with E-state index in [1.807, 2.05) is 32.0 Å². The fourth-order valence-corrected chi connectivity index (χ4v) is 4.38. The fourth-order valence-electron chi connectivity index (χ4n) is 3.50. The summed E-state index contributed by atoms with van der Waals surface area (Å²) in [6.07, 6.45) is 0. The Hall–Kier alpha value is -2.38. The first-order valence-corrected chi connectivity index (χ1v) is 10.8. The van der Waals surface area contributed by atoms with Crippen LogP contribution in [0.3, 0.4) is 0 Å². The number of hydrogen-bond acceptors (Lipinski definition) is 5. The molecule has 154 valence electrons. The van der Waals surface area contributed by atoms with Crippen molar-refractivity contribution >= 4 is 17.5 Å². The molecule has 0 N–H and O–H groups in total. The van der Waals surface area contributed by atoms with E-state index < -0.39 is 0 Å². The van der Waals surface area contributed by atoms with Gasteiger partial charge in [0.15, 0.2) is 16.8 Å². The van der Waals surface area contributed by atoms with E-state index in [0.717, 1.165) is 46.6 Å². The summed E-state index contributed by atoms with van der Waals surface area (Å²) in [5.74, 6) is 1.28. The van der Waals surface area contributed by atoms with E-state index in [-0.39, 0.29) is 5.78 Å². The standard InChI is InChI=1S/C22H28N4O2S/c1-6-25-21(18-9-7-8-15(2)12-18)23-24-22(25)29-14-20(27)19-13-16(3)26(17(19)4)10-11-28-5/h7-9,12-13H,6,10-11,14H2,1-5H3. The number of aryl methyl sites for hydroxylation is 2. The first-order chi connectivity index (χ1) is 14.0. The Bertz CT molecular complexity index is 1010. The molecular weight excluding hydrogens is 384 g/mol. The molecule has 0 aliphatic rings. The molecule has 0 spiro atoms. The van der Waals surface area contributed by atoms with E-state index in [4.69, 9.17) is 4.74 Å². The summed E-state index contributed by atoms with van der Waals surface area (Å²) in [4.78, 5) is 12.9. The van der Waals surface area contributed by atoms with Crippen molar-refractivity contribution < 1.29 is 9.53 Å². The van der Waals surface area contributed by atoms with Gasteiger partial charge in [0, 0.05) is 42.7 Å². The quantitative estimate of drug-likeness (QED) is 0.387. The van der Waals surface area contributed by atoms with Gasteiger partial charge >= 0.3 is 0 Å². The topological polar surface area (TPSA) is 61.9 Å². The summed E-state index contributed by atoms with van der Waals surface area (Å²) in [7, 11) is 1.69. The van der Waals surface area contributed by atoms with E-state index in [1.54, 1.807) is 7.11 Å². The van der Waals surface area contributed by atoms with Gasteiger partial charge in [-0.2, -0.15) is 0 Å². The Labute approximate surface area is 176 Å². The van der Waals surface area contributed by atoms with Crippen molar-refractivity contribution in [3.8, 4) is 11.4 Å². The summed E-state index contributed by atoms with van der Waals surface area (Å²) in [5, 5.41) is 9.50. The molecule has 3 rings (SSSR count). The molecule has 0 aliphatic heterocycles. The lowest BCUT2D eigenvalue weighted by molar-refractivity contribution is 0.102. The Morgan fingerprint density at radius 2 is 1.93 bits per heavy atom. The van der Waals surface area contributed by atoms with Gasteiger partial charge in [-0.25, -0.2) is 0 Å². The van der Waals surface area contributed by atoms with Gasteiger partial charge in [-0.1, -0.05) is 35.5 Å². The van der Waals surface area contributed by atoms with Gasteiger partial charge in [-0.3, -0.25) is 4.79 Å². The molecular formula is C22H28N4O2S. The Morgan fingerprint density at radius 3 is 2.62 bits per heavy atom. The smallest absolute Gasteiger partial charge is 0.191 e. The minimum Gasteiger partial charge on any atom is -0.383 e. The number of benzene rings is 1. The van der Waals surface area contributed by atoms with Crippen molar-refractivity contribution in [3.05, 3.63) is 52.8 Å². The average Bonchev–Trinajstić information content (AvgIpc) is 3.25. The molecule has 29 heavy (non-hydrogen) atoms. The zero-order valence-electron chi connectivity index (χ0n) is 17.7. The lowest BCUT2D eigenvalue weighted by Crippen LogP contribution is -2.10. The zero-order chi connectivity index (χ0) is 21.0. The molecule has 0 saturated heterocycles. The normalized spacial score (nSPS) is 11.2. The van der Waals surface area contributed by atoms with Gasteiger partial charge in [0.2, 0.25) is 0 Å². The summed E-state index contributed by atoms with van der Waals surface area (Å²) in [6.45, 7) is 10.3. The van der Waals surface area contributed by atoms with Gasteiger partial charge in [0.25, 0.3) is 0 Å². The summed E-state index contributed by atoms with van der Waals surface area (Å²) in [5.41, 5.74) is 5.06. The van der Waals surface area contributed by atoms with Crippen LogP contribution in [0.1, 0.15) is 34.2 Å². The van der Waals surface area contributed by atoms with Crippen LogP contribution in [-0.4, -0.2) is 44.6 Å². The number of methoxy groups -OCH3 is 1. The van der Waals surface area contributed by atoms with Crippen LogP contribution in [0.25, 0.3) is 11.4 Å². The minimum absolute atomic E-state index is 0.106. The minimum atomic E-state index is 0.106. The van der Waals surface area contributed by atoms with Crippen molar-refractivity contribution in [3.63, 3.8) is 0 Å². The second-order valence-electron chi connectivity index (χ2n) is 7.06. The molecule has 2 aromatic heterocycles. The first kappa shape index (κ1) is 21.3. The predicted octanol–water partition coefficient (Wildman–Crippen LogP) is 4.31. The van der Waals surface area contributed by atoms with Crippen molar-refractivity contribution in [2.45, 2.75) is 45.9 Å². The largest absolute Gasteiger partial charge is 0.383 e. The summed E-state index contributed by atoms with van der Waals surface area (Å²) in [6, 6.07) is 10.2. The fraction of sp³-hybridized carbons (Fsp3) is 0.409. The lowest BCUT2D eigenvalue weighted by Gasteiger charge is -2.09. The van der Waals surface area contributed by atoms with Crippen LogP contribution in [0, 0.1) is 20.8 Å². The van der Waals surface area contributed by atoms with Crippen molar-refractivity contribution in [2.75, 3.05) is 19.5 Å². The Balaban J connectivity index is 1.76. The predicted molar refractivity (Wildman–Crippen MR) is 117 cm³/mol. The molecule has 7 heteroatoms. The molecule has 0 saturated carbocycles. The molecule has 0 aliphatic carbocycles. The highest BCUT2D eigenvalue weighted by atomic mass is 32.2. The first-order valence-electron chi connectivity index (χ1n) is 9.78. The summed E-state index contributed by atoms with van der Waals surface area (Å²) >= 11 is 1.44. The van der Waals surface area contributed by atoms with Crippen LogP contribution in [-0.2, 0) is 17.8 Å². The third kappa shape index (κ3) is 4.62. The number of rotatable bonds is 9. The van der Waals surface area contributed by atoms with E-state index in [2.05, 4.69) is 45.3 Å². The third-order valence-corrected chi connectivity index (χ3v) is 6.00. The Morgan fingerprint density at radius 1 is 1.14 bits per heavy atom. The third-order valence-electron chi connectivity index (χ3n) is 5.03. The molecule has 1 aromatic carbocycles. The molecule has 2 heterocycles. The van der Waals surface area contributed by atoms with Gasteiger partial charge in [-0.05, 0) is 39.8 Å². The van der Waals surface area contributed by atoms with Gasteiger partial charge in [0.05, 0.1) is 12.4 Å². The maximum atomic E-state index is 12.9. The number of aromatic nitrogens is 4. The van der Waals surface area contributed by atoms with Crippen LogP contribution < -0.4 is 0 Å². The maximum absolute atomic E-state index is 12.9. The number of nitrogens with zero attached hydrogens (tertiary/aromatic N) is 4. The van der Waals surface area contributed by atoms with Crippen LogP contribution in [0.2, 0.25) is 0 Å². The van der Waals surface area contributed by atoms with E-state index in [1.165, 1.54) is 17.3 Å². The molecule has 0 amide bonds. The van der Waals surface area contributed by atoms with Crippen LogP contribution >= 0.6 is 11.8 Å². The van der Waals surface area contributed by atoms with E-state index >= 15 is 0 Å². The monoisotopic (exact) mass is 412 g/mol. The number of Topliss-reactive ketones (excluding diaryl/α,β-unsaturated/α-hetero) is 1. The van der Waals surface area contributed by atoms with Gasteiger partial charge < -0.3 is 13.9 Å². The highest BCUT2D eigenvalue weighted by molar-refractivity contribution is 7.99. The van der Waals surface area contributed by atoms with Crippen LogP contribution in [0.4, 0.5) is 0 Å². The average molecular weight is 413 g/mol. The molecule has 6 nitrogen and oxygen atoms in total. The highest BCUT2D eigenvalue weighted by Gasteiger charge is 2.18. The second-order valence-corrected chi connectivity index (χ2v) is 8.00.